The summed E-state index contributed by atoms with van der Waals surface area (Å²) in [6, 6.07) is 0. The van der Waals surface area contributed by atoms with Crippen LogP contribution in [0.4, 0.5) is 0 Å². The number of rotatable bonds is 10. The summed E-state index contributed by atoms with van der Waals surface area (Å²) in [4.78, 5) is 34.7. The Morgan fingerprint density at radius 2 is 1.87 bits per heavy atom. The van der Waals surface area contributed by atoms with Crippen molar-refractivity contribution in [3.8, 4) is 0 Å². The number of aliphatic hydroxyl groups is 4. The Morgan fingerprint density at radius 1 is 1.16 bits per heavy atom. The molecule has 0 amide bonds. The van der Waals surface area contributed by atoms with Crippen LogP contribution < -0.4 is 0 Å². The van der Waals surface area contributed by atoms with Crippen LogP contribution >= 0.6 is 0 Å². The van der Waals surface area contributed by atoms with Crippen LogP contribution in [0.5, 0.6) is 0 Å². The van der Waals surface area contributed by atoms with Crippen LogP contribution in [0.3, 0.4) is 0 Å². The number of aliphatic carboxylic acids is 1. The van der Waals surface area contributed by atoms with Crippen molar-refractivity contribution in [1.82, 2.24) is 0 Å². The molecule has 4 unspecified atom stereocenters. The molecule has 4 rings (SSSR count). The van der Waals surface area contributed by atoms with Gasteiger partial charge in [0.1, 0.15) is 0 Å². The van der Waals surface area contributed by atoms with E-state index in [1.54, 1.807) is 12.2 Å². The van der Waals surface area contributed by atoms with Gasteiger partial charge in [0.25, 0.3) is 0 Å². The second-order valence-corrected chi connectivity index (χ2v) is 12.5. The number of hydrogen-bond donors (Lipinski definition) is 5. The normalized spacial score (nSPS) is 39.4. The third-order valence-corrected chi connectivity index (χ3v) is 10.2. The Morgan fingerprint density at radius 3 is 2.58 bits per heavy atom. The SMILES string of the molecule is C[C@]12C=CC(=O)C=C1CCC1C2C(O)C[C@@]2(C)C1CC[C@]2(O)CCCOC(=O)C[C@H](O)C[C@H](O)CC(=O)O. The van der Waals surface area contributed by atoms with Crippen molar-refractivity contribution in [2.24, 2.45) is 28.6 Å². The molecule has 0 aliphatic heterocycles. The van der Waals surface area contributed by atoms with E-state index in [4.69, 9.17) is 9.84 Å². The molecule has 0 spiro atoms. The van der Waals surface area contributed by atoms with Crippen LogP contribution in [0.1, 0.15) is 78.1 Å². The number of ether oxygens (including phenoxy) is 1. The van der Waals surface area contributed by atoms with Gasteiger partial charge in [-0.15, -0.1) is 0 Å². The summed E-state index contributed by atoms with van der Waals surface area (Å²) in [6.45, 7) is 4.29. The first-order valence-electron chi connectivity index (χ1n) is 13.9. The smallest absolute Gasteiger partial charge is 0.308 e. The molecule has 212 valence electrons. The number of ketones is 1. The van der Waals surface area contributed by atoms with E-state index in [1.165, 1.54) is 0 Å². The molecule has 5 N–H and O–H groups in total. The Balaban J connectivity index is 1.32. The first kappa shape index (κ1) is 28.9. The first-order chi connectivity index (χ1) is 17.8. The minimum atomic E-state index is -1.24. The van der Waals surface area contributed by atoms with Gasteiger partial charge in [-0.05, 0) is 68.9 Å². The highest BCUT2D eigenvalue weighted by atomic mass is 16.5. The zero-order valence-electron chi connectivity index (χ0n) is 22.3. The maximum Gasteiger partial charge on any atom is 0.308 e. The average Bonchev–Trinajstić information content (AvgIpc) is 3.06. The van der Waals surface area contributed by atoms with E-state index in [0.717, 1.165) is 24.8 Å². The van der Waals surface area contributed by atoms with Crippen LogP contribution in [-0.2, 0) is 19.1 Å². The Hall–Kier alpha value is -2.07. The predicted molar refractivity (Wildman–Crippen MR) is 137 cm³/mol. The van der Waals surface area contributed by atoms with Gasteiger partial charge in [0, 0.05) is 23.2 Å². The van der Waals surface area contributed by atoms with E-state index in [2.05, 4.69) is 13.8 Å². The molecule has 0 bridgehead atoms. The van der Waals surface area contributed by atoms with Gasteiger partial charge in [0.05, 0.1) is 43.4 Å². The summed E-state index contributed by atoms with van der Waals surface area (Å²) < 4.78 is 5.24. The molecule has 4 aliphatic rings. The number of esters is 1. The number of allylic oxidation sites excluding steroid dienone is 4. The van der Waals surface area contributed by atoms with Gasteiger partial charge >= 0.3 is 11.9 Å². The van der Waals surface area contributed by atoms with Gasteiger partial charge in [-0.1, -0.05) is 25.5 Å². The second kappa shape index (κ2) is 10.8. The molecule has 38 heavy (non-hydrogen) atoms. The number of aliphatic hydroxyl groups excluding tert-OH is 3. The van der Waals surface area contributed by atoms with Gasteiger partial charge in [-0.2, -0.15) is 0 Å². The van der Waals surface area contributed by atoms with E-state index in [9.17, 15) is 34.8 Å². The fourth-order valence-electron chi connectivity index (χ4n) is 8.31. The fraction of sp³-hybridized carbons (Fsp3) is 0.759. The Kier molecular flexibility index (Phi) is 8.25. The minimum Gasteiger partial charge on any atom is -0.481 e. The molecule has 0 aromatic rings. The minimum absolute atomic E-state index is 0.00675. The van der Waals surface area contributed by atoms with Gasteiger partial charge in [-0.25, -0.2) is 0 Å². The molecule has 0 saturated heterocycles. The predicted octanol–water partition coefficient (Wildman–Crippen LogP) is 2.30. The van der Waals surface area contributed by atoms with Crippen molar-refractivity contribution in [2.45, 2.75) is 102 Å². The van der Waals surface area contributed by atoms with Crippen molar-refractivity contribution in [3.63, 3.8) is 0 Å². The quantitative estimate of drug-likeness (QED) is 0.209. The maximum absolute atomic E-state index is 12.1. The van der Waals surface area contributed by atoms with E-state index < -0.39 is 47.7 Å². The lowest BCUT2D eigenvalue weighted by Gasteiger charge is -2.60. The van der Waals surface area contributed by atoms with Crippen molar-refractivity contribution in [3.05, 3.63) is 23.8 Å². The summed E-state index contributed by atoms with van der Waals surface area (Å²) in [6.07, 6.45) is 5.75. The summed E-state index contributed by atoms with van der Waals surface area (Å²) in [5.41, 5.74) is -0.711. The molecule has 0 heterocycles. The van der Waals surface area contributed by atoms with Crippen LogP contribution in [0, 0.1) is 28.6 Å². The summed E-state index contributed by atoms with van der Waals surface area (Å²) >= 11 is 0. The summed E-state index contributed by atoms with van der Waals surface area (Å²) in [5, 5.41) is 51.5. The van der Waals surface area contributed by atoms with Crippen LogP contribution in [-0.4, -0.2) is 73.8 Å². The number of hydrogen-bond acceptors (Lipinski definition) is 8. The van der Waals surface area contributed by atoms with E-state index in [1.807, 2.05) is 6.08 Å². The molecule has 4 aliphatic carbocycles. The molecule has 0 aromatic carbocycles. The van der Waals surface area contributed by atoms with E-state index in [0.29, 0.717) is 25.7 Å². The molecular weight excluding hydrogens is 492 g/mol. The zero-order chi connectivity index (χ0) is 27.9. The van der Waals surface area contributed by atoms with E-state index >= 15 is 0 Å². The first-order valence-corrected chi connectivity index (χ1v) is 13.9. The highest BCUT2D eigenvalue weighted by Crippen LogP contribution is 2.67. The lowest BCUT2D eigenvalue weighted by atomic mass is 9.46. The van der Waals surface area contributed by atoms with Gasteiger partial charge in [0.15, 0.2) is 5.78 Å². The third-order valence-electron chi connectivity index (χ3n) is 10.2. The molecule has 3 saturated carbocycles. The summed E-state index contributed by atoms with van der Waals surface area (Å²) in [5.74, 6) is -1.32. The largest absolute Gasteiger partial charge is 0.481 e. The van der Waals surface area contributed by atoms with Gasteiger partial charge < -0.3 is 30.3 Å². The number of carbonyl (C=O) groups excluding carboxylic acids is 2. The van der Waals surface area contributed by atoms with Crippen molar-refractivity contribution in [1.29, 1.82) is 0 Å². The van der Waals surface area contributed by atoms with Crippen molar-refractivity contribution >= 4 is 17.7 Å². The molecule has 9 nitrogen and oxygen atoms in total. The highest BCUT2D eigenvalue weighted by Gasteiger charge is 2.65. The molecular formula is C29H42O9. The molecule has 0 aromatic heterocycles. The highest BCUT2D eigenvalue weighted by molar-refractivity contribution is 6.01. The maximum atomic E-state index is 12.1. The Labute approximate surface area is 223 Å². The van der Waals surface area contributed by atoms with Crippen molar-refractivity contribution < 1.29 is 44.7 Å². The zero-order valence-corrected chi connectivity index (χ0v) is 22.3. The number of fused-ring (bicyclic) bond motifs is 5. The second-order valence-electron chi connectivity index (χ2n) is 12.5. The lowest BCUT2D eigenvalue weighted by molar-refractivity contribution is -0.168. The third kappa shape index (κ3) is 5.35. The fourth-order valence-corrected chi connectivity index (χ4v) is 8.31. The number of carboxylic acid groups (broad SMARTS) is 1. The number of carboxylic acids is 1. The summed E-state index contributed by atoms with van der Waals surface area (Å²) in [7, 11) is 0. The van der Waals surface area contributed by atoms with E-state index in [-0.39, 0.29) is 48.4 Å². The molecule has 0 radical (unpaired) electrons. The average molecular weight is 535 g/mol. The monoisotopic (exact) mass is 534 g/mol. The topological polar surface area (TPSA) is 162 Å². The molecule has 3 fully saturated rings. The number of carbonyl (C=O) groups is 3. The van der Waals surface area contributed by atoms with Crippen LogP contribution in [0.2, 0.25) is 0 Å². The van der Waals surface area contributed by atoms with Gasteiger partial charge in [0.2, 0.25) is 0 Å². The molecule has 9 heteroatoms. The molecule has 9 atom stereocenters. The lowest BCUT2D eigenvalue weighted by Crippen LogP contribution is -2.59. The van der Waals surface area contributed by atoms with Crippen molar-refractivity contribution in [2.75, 3.05) is 6.61 Å². The standard InChI is InChI=1S/C29H42O9/c1-27-9-6-18(30)12-17(27)4-5-21-22-7-10-29(37,28(22,2)16-23(33)26(21)27)8-3-11-38-25(36)15-20(32)13-19(31)14-24(34)35/h6,9,12,19-23,26,31-33,37H,3-5,7-8,10-11,13-16H2,1-2H3,(H,34,35)/t19-,20+,21?,22?,23?,26?,27-,28-,29+/m0/s1. The van der Waals surface area contributed by atoms with Crippen LogP contribution in [0.25, 0.3) is 0 Å². The Bertz CT molecular complexity index is 1000. The van der Waals surface area contributed by atoms with Gasteiger partial charge in [-0.3, -0.25) is 14.4 Å². The van der Waals surface area contributed by atoms with Crippen LogP contribution in [0.15, 0.2) is 23.8 Å².